The first-order valence-corrected chi connectivity index (χ1v) is 4.08. The summed E-state index contributed by atoms with van der Waals surface area (Å²) >= 11 is 0. The number of rotatable bonds is 2. The van der Waals surface area contributed by atoms with Crippen molar-refractivity contribution in [3.8, 4) is 0 Å². The highest BCUT2D eigenvalue weighted by Crippen LogP contribution is 2.10. The van der Waals surface area contributed by atoms with E-state index >= 15 is 0 Å². The fourth-order valence-corrected chi connectivity index (χ4v) is 1.06. The van der Waals surface area contributed by atoms with Gasteiger partial charge in [-0.3, -0.25) is 0 Å². The maximum Gasteiger partial charge on any atom is 0.0615 e. The van der Waals surface area contributed by atoms with E-state index in [0.717, 1.165) is 5.56 Å². The van der Waals surface area contributed by atoms with Crippen molar-refractivity contribution < 1.29 is 5.11 Å². The molecule has 1 rings (SSSR count). The van der Waals surface area contributed by atoms with Gasteiger partial charge in [0.1, 0.15) is 0 Å². The second-order valence-corrected chi connectivity index (χ2v) is 2.93. The van der Waals surface area contributed by atoms with Crippen molar-refractivity contribution >= 4 is 6.08 Å². The van der Waals surface area contributed by atoms with Crippen LogP contribution in [0.4, 0.5) is 0 Å². The van der Waals surface area contributed by atoms with Crippen LogP contribution in [0, 0.1) is 13.8 Å². The number of hydrogen-bond donors (Lipinski definition) is 1. The normalized spacial score (nSPS) is 10.9. The Morgan fingerprint density at radius 3 is 2.58 bits per heavy atom. The minimum absolute atomic E-state index is 0.104. The summed E-state index contributed by atoms with van der Waals surface area (Å²) < 4.78 is 0. The predicted octanol–water partition coefficient (Wildman–Crippen LogP) is 2.31. The first-order chi connectivity index (χ1) is 5.74. The molecule has 1 aromatic carbocycles. The van der Waals surface area contributed by atoms with Crippen LogP contribution in [-0.2, 0) is 0 Å². The second-order valence-electron chi connectivity index (χ2n) is 2.93. The van der Waals surface area contributed by atoms with E-state index < -0.39 is 0 Å². The predicted molar refractivity (Wildman–Crippen MR) is 52.0 cm³/mol. The van der Waals surface area contributed by atoms with E-state index in [4.69, 9.17) is 5.11 Å². The molecule has 64 valence electrons. The van der Waals surface area contributed by atoms with Crippen LogP contribution in [0.25, 0.3) is 6.08 Å². The Morgan fingerprint density at radius 1 is 1.25 bits per heavy atom. The molecule has 0 heterocycles. The van der Waals surface area contributed by atoms with E-state index in [1.54, 1.807) is 6.08 Å². The maximum atomic E-state index is 8.56. The van der Waals surface area contributed by atoms with Crippen LogP contribution in [0.3, 0.4) is 0 Å². The van der Waals surface area contributed by atoms with Gasteiger partial charge in [0, 0.05) is 0 Å². The Kier molecular flexibility index (Phi) is 3.06. The minimum atomic E-state index is 0.104. The molecule has 0 atom stereocenters. The van der Waals surface area contributed by atoms with Gasteiger partial charge >= 0.3 is 0 Å². The van der Waals surface area contributed by atoms with Gasteiger partial charge in [0.15, 0.2) is 0 Å². The molecule has 1 aromatic rings. The van der Waals surface area contributed by atoms with Crippen LogP contribution in [0.15, 0.2) is 24.3 Å². The first kappa shape index (κ1) is 9.01. The Morgan fingerprint density at radius 2 is 2.00 bits per heavy atom. The van der Waals surface area contributed by atoms with Gasteiger partial charge in [-0.1, -0.05) is 30.4 Å². The molecule has 0 saturated carbocycles. The zero-order valence-electron chi connectivity index (χ0n) is 7.54. The van der Waals surface area contributed by atoms with Crippen LogP contribution in [-0.4, -0.2) is 11.7 Å². The van der Waals surface area contributed by atoms with Crippen LogP contribution in [0.1, 0.15) is 16.7 Å². The summed E-state index contributed by atoms with van der Waals surface area (Å²) in [5, 5.41) is 8.56. The van der Waals surface area contributed by atoms with Gasteiger partial charge in [0.05, 0.1) is 6.61 Å². The molecule has 1 nitrogen and oxygen atoms in total. The molecule has 0 amide bonds. The summed E-state index contributed by atoms with van der Waals surface area (Å²) in [7, 11) is 0. The highest BCUT2D eigenvalue weighted by molar-refractivity contribution is 5.51. The van der Waals surface area contributed by atoms with Gasteiger partial charge in [-0.05, 0) is 30.5 Å². The van der Waals surface area contributed by atoms with E-state index in [0.29, 0.717) is 0 Å². The van der Waals surface area contributed by atoms with Crippen molar-refractivity contribution in [3.05, 3.63) is 41.0 Å². The van der Waals surface area contributed by atoms with Crippen molar-refractivity contribution in [2.75, 3.05) is 6.61 Å². The lowest BCUT2D eigenvalue weighted by molar-refractivity contribution is 0.343. The van der Waals surface area contributed by atoms with Crippen molar-refractivity contribution in [1.82, 2.24) is 0 Å². The third-order valence-electron chi connectivity index (χ3n) is 1.95. The lowest BCUT2D eigenvalue weighted by atomic mass is 10.1. The zero-order chi connectivity index (χ0) is 8.97. The summed E-state index contributed by atoms with van der Waals surface area (Å²) in [6.45, 7) is 4.29. The molecule has 0 bridgehead atoms. The lowest BCUT2D eigenvalue weighted by Gasteiger charge is -2.00. The third-order valence-corrected chi connectivity index (χ3v) is 1.95. The van der Waals surface area contributed by atoms with E-state index in [1.165, 1.54) is 11.1 Å². The molecule has 0 spiro atoms. The summed E-state index contributed by atoms with van der Waals surface area (Å²) in [4.78, 5) is 0. The molecule has 0 saturated heterocycles. The smallest absolute Gasteiger partial charge is 0.0615 e. The molecule has 0 radical (unpaired) electrons. The molecule has 1 N–H and O–H groups in total. The van der Waals surface area contributed by atoms with Gasteiger partial charge in [-0.2, -0.15) is 0 Å². The number of aliphatic hydroxyl groups is 1. The third kappa shape index (κ3) is 2.21. The van der Waals surface area contributed by atoms with Gasteiger partial charge < -0.3 is 5.11 Å². The van der Waals surface area contributed by atoms with Crippen molar-refractivity contribution in [2.45, 2.75) is 13.8 Å². The highest BCUT2D eigenvalue weighted by atomic mass is 16.2. The van der Waals surface area contributed by atoms with E-state index in [1.807, 2.05) is 6.08 Å². The molecule has 0 aliphatic heterocycles. The Balaban J connectivity index is 2.89. The SMILES string of the molecule is Cc1ccc(/C=C/CO)cc1C. The second kappa shape index (κ2) is 4.07. The summed E-state index contributed by atoms with van der Waals surface area (Å²) in [5.41, 5.74) is 3.73. The Hall–Kier alpha value is -1.08. The molecule has 0 fully saturated rings. The van der Waals surface area contributed by atoms with Crippen LogP contribution >= 0.6 is 0 Å². The highest BCUT2D eigenvalue weighted by Gasteiger charge is 1.91. The number of hydrogen-bond acceptors (Lipinski definition) is 1. The van der Waals surface area contributed by atoms with E-state index in [-0.39, 0.29) is 6.61 Å². The van der Waals surface area contributed by atoms with Gasteiger partial charge in [0.25, 0.3) is 0 Å². The molecule has 0 aliphatic rings. The monoisotopic (exact) mass is 162 g/mol. The molecular formula is C11H14O. The molecule has 0 aromatic heterocycles. The van der Waals surface area contributed by atoms with Crippen LogP contribution in [0.2, 0.25) is 0 Å². The number of aliphatic hydroxyl groups excluding tert-OH is 1. The largest absolute Gasteiger partial charge is 0.392 e. The first-order valence-electron chi connectivity index (χ1n) is 4.08. The van der Waals surface area contributed by atoms with E-state index in [9.17, 15) is 0 Å². The maximum absolute atomic E-state index is 8.56. The topological polar surface area (TPSA) is 20.2 Å². The minimum Gasteiger partial charge on any atom is -0.392 e. The quantitative estimate of drug-likeness (QED) is 0.707. The molecule has 0 unspecified atom stereocenters. The standard InChI is InChI=1S/C11H14O/c1-9-5-6-11(4-3-7-12)8-10(9)2/h3-6,8,12H,7H2,1-2H3/b4-3+. The van der Waals surface area contributed by atoms with Crippen LogP contribution < -0.4 is 0 Å². The van der Waals surface area contributed by atoms with Crippen molar-refractivity contribution in [1.29, 1.82) is 0 Å². The Bertz CT molecular complexity index is 287. The molecule has 1 heteroatoms. The van der Waals surface area contributed by atoms with Crippen LogP contribution in [0.5, 0.6) is 0 Å². The van der Waals surface area contributed by atoms with Gasteiger partial charge in [-0.25, -0.2) is 0 Å². The van der Waals surface area contributed by atoms with Gasteiger partial charge in [0.2, 0.25) is 0 Å². The van der Waals surface area contributed by atoms with Gasteiger partial charge in [-0.15, -0.1) is 0 Å². The number of benzene rings is 1. The molecular weight excluding hydrogens is 148 g/mol. The fraction of sp³-hybridized carbons (Fsp3) is 0.273. The Labute approximate surface area is 73.4 Å². The number of aryl methyl sites for hydroxylation is 2. The summed E-state index contributed by atoms with van der Waals surface area (Å²) in [6, 6.07) is 6.25. The summed E-state index contributed by atoms with van der Waals surface area (Å²) in [6.07, 6.45) is 3.66. The summed E-state index contributed by atoms with van der Waals surface area (Å²) in [5.74, 6) is 0. The average Bonchev–Trinajstić information content (AvgIpc) is 2.07. The fourth-order valence-electron chi connectivity index (χ4n) is 1.06. The molecule has 0 aliphatic carbocycles. The van der Waals surface area contributed by atoms with Crippen molar-refractivity contribution in [3.63, 3.8) is 0 Å². The average molecular weight is 162 g/mol. The lowest BCUT2D eigenvalue weighted by Crippen LogP contribution is -1.81. The molecule has 12 heavy (non-hydrogen) atoms. The van der Waals surface area contributed by atoms with Crippen molar-refractivity contribution in [2.24, 2.45) is 0 Å². The zero-order valence-corrected chi connectivity index (χ0v) is 7.54. The van der Waals surface area contributed by atoms with E-state index in [2.05, 4.69) is 32.0 Å².